The van der Waals surface area contributed by atoms with Crippen LogP contribution in [-0.2, 0) is 0 Å². The van der Waals surface area contributed by atoms with Gasteiger partial charge in [0.1, 0.15) is 0 Å². The Morgan fingerprint density at radius 3 is 1.47 bits per heavy atom. The van der Waals surface area contributed by atoms with Gasteiger partial charge >= 0.3 is 0 Å². The third-order valence-corrected chi connectivity index (χ3v) is 7.70. The maximum Gasteiger partial charge on any atom is 0.160 e. The van der Waals surface area contributed by atoms with Crippen LogP contribution in [-0.4, -0.2) is 24.9 Å². The molecule has 43 heavy (non-hydrogen) atoms. The second kappa shape index (κ2) is 11.9. The van der Waals surface area contributed by atoms with Crippen LogP contribution in [0.15, 0.2) is 151 Å². The van der Waals surface area contributed by atoms with Crippen molar-refractivity contribution in [3.8, 4) is 67.3 Å². The molecule has 0 bridgehead atoms. The summed E-state index contributed by atoms with van der Waals surface area (Å²) in [4.78, 5) is 22.8. The topological polar surface area (TPSA) is 64.5 Å². The van der Waals surface area contributed by atoms with E-state index < -0.39 is 0 Å². The van der Waals surface area contributed by atoms with Gasteiger partial charge in [0, 0.05) is 58.3 Å². The van der Waals surface area contributed by atoms with Crippen molar-refractivity contribution < 1.29 is 0 Å². The lowest BCUT2D eigenvalue weighted by Crippen LogP contribution is -1.96. The predicted molar refractivity (Wildman–Crippen MR) is 176 cm³/mol. The molecule has 0 aliphatic heterocycles. The van der Waals surface area contributed by atoms with E-state index in [0.717, 1.165) is 65.9 Å². The molecule has 0 saturated carbocycles. The van der Waals surface area contributed by atoms with Crippen molar-refractivity contribution in [1.82, 2.24) is 24.9 Å². The lowest BCUT2D eigenvalue weighted by atomic mass is 10.00. The van der Waals surface area contributed by atoms with Gasteiger partial charge in [-0.1, -0.05) is 76.6 Å². The zero-order valence-corrected chi connectivity index (χ0v) is 24.6. The quantitative estimate of drug-likeness (QED) is 0.186. The van der Waals surface area contributed by atoms with Crippen molar-refractivity contribution in [1.29, 1.82) is 0 Å². The highest BCUT2D eigenvalue weighted by Gasteiger charge is 2.13. The molecule has 4 aromatic heterocycles. The highest BCUT2D eigenvalue weighted by atomic mass is 79.9. The van der Waals surface area contributed by atoms with E-state index in [9.17, 15) is 0 Å². The fraction of sp³-hybridized carbons (Fsp3) is 0. The molecule has 0 N–H and O–H groups in total. The maximum absolute atomic E-state index is 5.08. The van der Waals surface area contributed by atoms with Gasteiger partial charge in [0.15, 0.2) is 5.82 Å². The van der Waals surface area contributed by atoms with E-state index in [1.54, 1.807) is 24.8 Å². The van der Waals surface area contributed by atoms with Crippen LogP contribution in [0.5, 0.6) is 0 Å². The summed E-state index contributed by atoms with van der Waals surface area (Å²) < 4.78 is 0.972. The number of nitrogens with zero attached hydrogens (tertiary/aromatic N) is 5. The number of hydrogen-bond acceptors (Lipinski definition) is 5. The molecule has 0 saturated heterocycles. The summed E-state index contributed by atoms with van der Waals surface area (Å²) >= 11 is 3.73. The average molecular weight is 619 g/mol. The Hall–Kier alpha value is -5.33. The SMILES string of the molecule is Brc1cc(-c2ccncc2)cc(-c2cc(-c3ccc(-c4cccnc4)cc3)nc(-c3ccc(-c4cccnc4)cc3)n2)c1. The molecule has 204 valence electrons. The summed E-state index contributed by atoms with van der Waals surface area (Å²) in [5.74, 6) is 0.659. The zero-order chi connectivity index (χ0) is 29.0. The van der Waals surface area contributed by atoms with Gasteiger partial charge in [-0.3, -0.25) is 15.0 Å². The molecule has 0 aliphatic carbocycles. The van der Waals surface area contributed by atoms with Crippen molar-refractivity contribution >= 4 is 15.9 Å². The van der Waals surface area contributed by atoms with Gasteiger partial charge in [-0.2, -0.15) is 0 Å². The van der Waals surface area contributed by atoms with E-state index >= 15 is 0 Å². The molecule has 0 fully saturated rings. The van der Waals surface area contributed by atoms with E-state index in [2.05, 4.69) is 116 Å². The third kappa shape index (κ3) is 5.87. The largest absolute Gasteiger partial charge is 0.265 e. The van der Waals surface area contributed by atoms with Gasteiger partial charge in [0.2, 0.25) is 0 Å². The lowest BCUT2D eigenvalue weighted by molar-refractivity contribution is 1.18. The van der Waals surface area contributed by atoms with E-state index in [1.165, 1.54) is 0 Å². The highest BCUT2D eigenvalue weighted by molar-refractivity contribution is 9.10. The molecule has 0 unspecified atom stereocenters. The van der Waals surface area contributed by atoms with Crippen molar-refractivity contribution in [2.75, 3.05) is 0 Å². The molecular weight excluding hydrogens is 594 g/mol. The Bertz CT molecular complexity index is 1900. The normalized spacial score (nSPS) is 10.9. The fourth-order valence-electron chi connectivity index (χ4n) is 5.03. The minimum Gasteiger partial charge on any atom is -0.265 e. The summed E-state index contributed by atoms with van der Waals surface area (Å²) in [6.07, 6.45) is 10.9. The van der Waals surface area contributed by atoms with Crippen LogP contribution in [0, 0.1) is 0 Å². The van der Waals surface area contributed by atoms with Gasteiger partial charge in [-0.15, -0.1) is 0 Å². The first kappa shape index (κ1) is 26.6. The number of hydrogen-bond donors (Lipinski definition) is 0. The fourth-order valence-corrected chi connectivity index (χ4v) is 5.53. The molecule has 4 heterocycles. The molecular formula is C37H24BrN5. The van der Waals surface area contributed by atoms with E-state index in [0.29, 0.717) is 5.82 Å². The highest BCUT2D eigenvalue weighted by Crippen LogP contribution is 2.33. The molecule has 0 amide bonds. The van der Waals surface area contributed by atoms with E-state index in [1.807, 2.05) is 36.7 Å². The second-order valence-electron chi connectivity index (χ2n) is 10.1. The zero-order valence-electron chi connectivity index (χ0n) is 23.0. The molecule has 0 aliphatic rings. The summed E-state index contributed by atoms with van der Waals surface area (Å²) in [6.45, 7) is 0. The first-order valence-corrected chi connectivity index (χ1v) is 14.6. The Balaban J connectivity index is 1.34. The van der Waals surface area contributed by atoms with Gasteiger partial charge in [0.25, 0.3) is 0 Å². The van der Waals surface area contributed by atoms with Crippen LogP contribution >= 0.6 is 15.9 Å². The molecule has 3 aromatic carbocycles. The molecule has 5 nitrogen and oxygen atoms in total. The summed E-state index contributed by atoms with van der Waals surface area (Å²) in [5, 5.41) is 0. The van der Waals surface area contributed by atoms with E-state index in [4.69, 9.17) is 9.97 Å². The minimum absolute atomic E-state index is 0.659. The van der Waals surface area contributed by atoms with Crippen molar-refractivity contribution in [3.63, 3.8) is 0 Å². The summed E-state index contributed by atoms with van der Waals surface area (Å²) in [6, 6.07) is 37.2. The number of aromatic nitrogens is 5. The van der Waals surface area contributed by atoms with Crippen LogP contribution < -0.4 is 0 Å². The van der Waals surface area contributed by atoms with Crippen molar-refractivity contribution in [2.45, 2.75) is 0 Å². The molecule has 0 spiro atoms. The van der Waals surface area contributed by atoms with E-state index in [-0.39, 0.29) is 0 Å². The number of halogens is 1. The van der Waals surface area contributed by atoms with Crippen LogP contribution in [0.4, 0.5) is 0 Å². The van der Waals surface area contributed by atoms with Crippen LogP contribution in [0.3, 0.4) is 0 Å². The smallest absolute Gasteiger partial charge is 0.160 e. The molecule has 0 radical (unpaired) electrons. The molecule has 7 rings (SSSR count). The van der Waals surface area contributed by atoms with Crippen molar-refractivity contribution in [3.05, 3.63) is 151 Å². The molecule has 7 aromatic rings. The van der Waals surface area contributed by atoms with Crippen LogP contribution in [0.2, 0.25) is 0 Å². The third-order valence-electron chi connectivity index (χ3n) is 7.25. The Morgan fingerprint density at radius 2 is 0.884 bits per heavy atom. The molecule has 6 heteroatoms. The van der Waals surface area contributed by atoms with Gasteiger partial charge < -0.3 is 0 Å². The van der Waals surface area contributed by atoms with Crippen LogP contribution in [0.25, 0.3) is 67.3 Å². The number of pyridine rings is 3. The Kier molecular flexibility index (Phi) is 7.34. The Morgan fingerprint density at radius 1 is 0.372 bits per heavy atom. The van der Waals surface area contributed by atoms with Gasteiger partial charge in [0.05, 0.1) is 11.4 Å². The van der Waals surface area contributed by atoms with Gasteiger partial charge in [-0.05, 0) is 81.9 Å². The maximum atomic E-state index is 5.08. The standard InChI is InChI=1S/C37H24BrN5/c38-34-20-32(27-13-17-39-18-14-27)19-33(21-34)36-22-35(28-9-5-25(6-10-28)30-3-1-15-40-23-30)42-37(43-36)29-11-7-26(8-12-29)31-4-2-16-41-24-31/h1-24H. The Labute approximate surface area is 258 Å². The lowest BCUT2D eigenvalue weighted by Gasteiger charge is -2.12. The first-order valence-electron chi connectivity index (χ1n) is 13.8. The monoisotopic (exact) mass is 617 g/mol. The summed E-state index contributed by atoms with van der Waals surface area (Å²) in [7, 11) is 0. The number of benzene rings is 3. The second-order valence-corrected chi connectivity index (χ2v) is 11.0. The predicted octanol–water partition coefficient (Wildman–Crippen LogP) is 9.43. The average Bonchev–Trinajstić information content (AvgIpc) is 3.09. The van der Waals surface area contributed by atoms with Crippen LogP contribution in [0.1, 0.15) is 0 Å². The van der Waals surface area contributed by atoms with Crippen molar-refractivity contribution in [2.24, 2.45) is 0 Å². The number of rotatable bonds is 6. The first-order chi connectivity index (χ1) is 21.2. The summed E-state index contributed by atoms with van der Waals surface area (Å²) in [5.41, 5.74) is 11.1. The minimum atomic E-state index is 0.659. The van der Waals surface area contributed by atoms with Gasteiger partial charge in [-0.25, -0.2) is 9.97 Å². The molecule has 0 atom stereocenters.